The lowest BCUT2D eigenvalue weighted by Crippen LogP contribution is -2.28. The minimum atomic E-state index is -0.550. The van der Waals surface area contributed by atoms with Crippen LogP contribution in [-0.2, 0) is 9.53 Å². The van der Waals surface area contributed by atoms with Crippen molar-refractivity contribution in [2.45, 2.75) is 39.3 Å². The zero-order chi connectivity index (χ0) is 13.5. The zero-order valence-electron chi connectivity index (χ0n) is 11.2. The third-order valence-electron chi connectivity index (χ3n) is 2.60. The zero-order valence-corrected chi connectivity index (χ0v) is 11.2. The van der Waals surface area contributed by atoms with Crippen molar-refractivity contribution in [3.05, 3.63) is 29.8 Å². The lowest BCUT2D eigenvalue weighted by Gasteiger charge is -2.16. The molecular weight excluding hydrogens is 230 g/mol. The average Bonchev–Trinajstić information content (AvgIpc) is 2.36. The molecule has 0 radical (unpaired) electrons. The molecule has 2 atom stereocenters. The van der Waals surface area contributed by atoms with E-state index in [2.05, 4.69) is 0 Å². The highest BCUT2D eigenvalue weighted by atomic mass is 16.6. The van der Waals surface area contributed by atoms with Crippen LogP contribution in [0.25, 0.3) is 0 Å². The molecule has 1 aromatic rings. The van der Waals surface area contributed by atoms with Crippen molar-refractivity contribution in [1.82, 2.24) is 0 Å². The van der Waals surface area contributed by atoms with E-state index in [1.807, 2.05) is 38.1 Å². The summed E-state index contributed by atoms with van der Waals surface area (Å²) in [4.78, 5) is 11.6. The molecule has 0 spiro atoms. The van der Waals surface area contributed by atoms with Crippen LogP contribution in [0.3, 0.4) is 0 Å². The van der Waals surface area contributed by atoms with Gasteiger partial charge in [0.05, 0.1) is 6.61 Å². The molecule has 0 aliphatic heterocycles. The fourth-order valence-corrected chi connectivity index (χ4v) is 1.55. The van der Waals surface area contributed by atoms with Crippen LogP contribution in [0.1, 0.15) is 38.8 Å². The molecular formula is C14H21NO3. The van der Waals surface area contributed by atoms with Gasteiger partial charge in [-0.05, 0) is 38.0 Å². The highest BCUT2D eigenvalue weighted by Gasteiger charge is 2.19. The fourth-order valence-electron chi connectivity index (χ4n) is 1.55. The summed E-state index contributed by atoms with van der Waals surface area (Å²) in [6.07, 6.45) is 0.0274. The molecule has 0 heterocycles. The van der Waals surface area contributed by atoms with Gasteiger partial charge in [0.25, 0.3) is 0 Å². The quantitative estimate of drug-likeness (QED) is 0.789. The van der Waals surface area contributed by atoms with Crippen LogP contribution in [0.15, 0.2) is 24.3 Å². The number of carbonyl (C=O) groups is 1. The predicted molar refractivity (Wildman–Crippen MR) is 70.4 cm³/mol. The summed E-state index contributed by atoms with van der Waals surface area (Å²) in [6, 6.07) is 7.43. The largest absolute Gasteiger partial charge is 0.479 e. The van der Waals surface area contributed by atoms with Crippen molar-refractivity contribution >= 4 is 5.97 Å². The Kier molecular flexibility index (Phi) is 5.65. The van der Waals surface area contributed by atoms with Crippen molar-refractivity contribution < 1.29 is 14.3 Å². The number of nitrogens with two attached hydrogens (primary N) is 1. The smallest absolute Gasteiger partial charge is 0.347 e. The molecule has 4 nitrogen and oxygen atoms in total. The van der Waals surface area contributed by atoms with E-state index in [0.717, 1.165) is 5.56 Å². The number of rotatable bonds is 6. The van der Waals surface area contributed by atoms with Gasteiger partial charge < -0.3 is 15.2 Å². The molecule has 0 aromatic heterocycles. The first-order chi connectivity index (χ1) is 8.58. The maximum atomic E-state index is 11.6. The van der Waals surface area contributed by atoms with Gasteiger partial charge in [0.2, 0.25) is 0 Å². The molecule has 0 saturated heterocycles. The van der Waals surface area contributed by atoms with Gasteiger partial charge in [0.1, 0.15) is 5.75 Å². The Hall–Kier alpha value is -1.55. The number of carbonyl (C=O) groups excluding carboxylic acids is 1. The van der Waals surface area contributed by atoms with Crippen molar-refractivity contribution in [2.24, 2.45) is 5.73 Å². The maximum Gasteiger partial charge on any atom is 0.347 e. The van der Waals surface area contributed by atoms with E-state index >= 15 is 0 Å². The number of hydrogen-bond donors (Lipinski definition) is 1. The van der Waals surface area contributed by atoms with Crippen LogP contribution < -0.4 is 10.5 Å². The standard InChI is InChI=1S/C14H21NO3/c1-4-13(14(16)17-5-2)18-12-8-6-11(7-9-12)10(3)15/h6-10,13H,4-5,15H2,1-3H3/t10-,13?/m1/s1. The molecule has 0 bridgehead atoms. The Labute approximate surface area is 108 Å². The normalized spacial score (nSPS) is 13.8. The first-order valence-electron chi connectivity index (χ1n) is 6.27. The Morgan fingerprint density at radius 3 is 2.33 bits per heavy atom. The van der Waals surface area contributed by atoms with Crippen molar-refractivity contribution in [1.29, 1.82) is 0 Å². The summed E-state index contributed by atoms with van der Waals surface area (Å²) in [7, 11) is 0. The number of hydrogen-bond acceptors (Lipinski definition) is 4. The summed E-state index contributed by atoms with van der Waals surface area (Å²) < 4.78 is 10.5. The van der Waals surface area contributed by atoms with Crippen LogP contribution >= 0.6 is 0 Å². The van der Waals surface area contributed by atoms with Crippen LogP contribution in [0, 0.1) is 0 Å². The van der Waals surface area contributed by atoms with Gasteiger partial charge in [0.15, 0.2) is 6.10 Å². The van der Waals surface area contributed by atoms with E-state index in [-0.39, 0.29) is 12.0 Å². The van der Waals surface area contributed by atoms with Crippen molar-refractivity contribution in [3.8, 4) is 5.75 Å². The van der Waals surface area contributed by atoms with Gasteiger partial charge in [-0.2, -0.15) is 0 Å². The molecule has 0 saturated carbocycles. The second kappa shape index (κ2) is 7.01. The van der Waals surface area contributed by atoms with E-state index in [9.17, 15) is 4.79 Å². The molecule has 0 fully saturated rings. The number of benzene rings is 1. The molecule has 1 rings (SSSR count). The van der Waals surface area contributed by atoms with Gasteiger partial charge in [0, 0.05) is 6.04 Å². The van der Waals surface area contributed by atoms with Gasteiger partial charge >= 0.3 is 5.97 Å². The second-order valence-electron chi connectivity index (χ2n) is 4.12. The van der Waals surface area contributed by atoms with Crippen LogP contribution in [0.2, 0.25) is 0 Å². The highest BCUT2D eigenvalue weighted by molar-refractivity contribution is 5.75. The Morgan fingerprint density at radius 1 is 1.28 bits per heavy atom. The van der Waals surface area contributed by atoms with Gasteiger partial charge in [-0.15, -0.1) is 0 Å². The molecule has 100 valence electrons. The van der Waals surface area contributed by atoms with Gasteiger partial charge in [-0.25, -0.2) is 4.79 Å². The second-order valence-corrected chi connectivity index (χ2v) is 4.12. The van der Waals surface area contributed by atoms with Gasteiger partial charge in [-0.1, -0.05) is 19.1 Å². The third-order valence-corrected chi connectivity index (χ3v) is 2.60. The summed E-state index contributed by atoms with van der Waals surface area (Å²) in [5, 5.41) is 0. The molecule has 4 heteroatoms. The molecule has 18 heavy (non-hydrogen) atoms. The highest BCUT2D eigenvalue weighted by Crippen LogP contribution is 2.18. The minimum absolute atomic E-state index is 0.00826. The maximum absolute atomic E-state index is 11.6. The average molecular weight is 251 g/mol. The Bertz CT molecular complexity index is 373. The van der Waals surface area contributed by atoms with Crippen LogP contribution in [0.5, 0.6) is 5.75 Å². The lowest BCUT2D eigenvalue weighted by atomic mass is 10.1. The Morgan fingerprint density at radius 2 is 1.89 bits per heavy atom. The fraction of sp³-hybridized carbons (Fsp3) is 0.500. The topological polar surface area (TPSA) is 61.5 Å². The van der Waals surface area contributed by atoms with Crippen LogP contribution in [0.4, 0.5) is 0 Å². The summed E-state index contributed by atoms with van der Waals surface area (Å²) in [5.41, 5.74) is 6.80. The molecule has 0 aliphatic carbocycles. The summed E-state index contributed by atoms with van der Waals surface area (Å²) in [6.45, 7) is 5.95. The minimum Gasteiger partial charge on any atom is -0.479 e. The third kappa shape index (κ3) is 4.04. The number of esters is 1. The van der Waals surface area contributed by atoms with Crippen molar-refractivity contribution in [2.75, 3.05) is 6.61 Å². The van der Waals surface area contributed by atoms with E-state index in [1.165, 1.54) is 0 Å². The summed E-state index contributed by atoms with van der Waals surface area (Å²) >= 11 is 0. The van der Waals surface area contributed by atoms with E-state index in [4.69, 9.17) is 15.2 Å². The van der Waals surface area contributed by atoms with E-state index in [0.29, 0.717) is 18.8 Å². The van der Waals surface area contributed by atoms with E-state index in [1.54, 1.807) is 6.92 Å². The van der Waals surface area contributed by atoms with Crippen molar-refractivity contribution in [3.63, 3.8) is 0 Å². The summed E-state index contributed by atoms with van der Waals surface area (Å²) in [5.74, 6) is 0.329. The lowest BCUT2D eigenvalue weighted by molar-refractivity contribution is -0.151. The monoisotopic (exact) mass is 251 g/mol. The first-order valence-corrected chi connectivity index (χ1v) is 6.27. The molecule has 1 aromatic carbocycles. The Balaban J connectivity index is 2.67. The number of ether oxygens (including phenoxy) is 2. The first kappa shape index (κ1) is 14.5. The molecule has 1 unspecified atom stereocenters. The molecule has 0 amide bonds. The van der Waals surface area contributed by atoms with Crippen LogP contribution in [-0.4, -0.2) is 18.7 Å². The van der Waals surface area contributed by atoms with Gasteiger partial charge in [-0.3, -0.25) is 0 Å². The predicted octanol–water partition coefficient (Wildman–Crippen LogP) is 2.43. The molecule has 0 aliphatic rings. The van der Waals surface area contributed by atoms with E-state index < -0.39 is 6.10 Å². The SMILES string of the molecule is CCOC(=O)C(CC)Oc1ccc([C@@H](C)N)cc1. The molecule has 2 N–H and O–H groups in total.